The van der Waals surface area contributed by atoms with Gasteiger partial charge in [0.1, 0.15) is 0 Å². The molecule has 2 heterocycles. The van der Waals surface area contributed by atoms with Crippen LogP contribution in [0.3, 0.4) is 0 Å². The van der Waals surface area contributed by atoms with E-state index >= 15 is 0 Å². The summed E-state index contributed by atoms with van der Waals surface area (Å²) in [5.41, 5.74) is 1.24. The van der Waals surface area contributed by atoms with Crippen LogP contribution in [0.1, 0.15) is 37.8 Å². The van der Waals surface area contributed by atoms with Gasteiger partial charge in [-0.2, -0.15) is 0 Å². The maximum atomic E-state index is 13.7. The first-order valence-electron chi connectivity index (χ1n) is 10.9. The highest BCUT2D eigenvalue weighted by molar-refractivity contribution is 6.31. The Morgan fingerprint density at radius 2 is 1.97 bits per heavy atom. The first-order chi connectivity index (χ1) is 15.6. The van der Waals surface area contributed by atoms with Crippen molar-refractivity contribution in [2.24, 2.45) is 7.05 Å². The molecule has 3 N–H and O–H groups in total. The highest BCUT2D eigenvalue weighted by atomic mass is 35.5. The molecular formula is C23H27ClF2N4O3. The van der Waals surface area contributed by atoms with Gasteiger partial charge in [0.15, 0.2) is 6.29 Å². The van der Waals surface area contributed by atoms with Crippen molar-refractivity contribution in [1.29, 1.82) is 0 Å². The highest BCUT2D eigenvalue weighted by Crippen LogP contribution is 2.32. The largest absolute Gasteiger partial charge is 0.365 e. The molecule has 1 aliphatic carbocycles. The molecule has 0 bridgehead atoms. The number of rotatable bonds is 5. The lowest BCUT2D eigenvalue weighted by Crippen LogP contribution is -2.42. The number of halogens is 3. The standard InChI is InChI=1S/C23H27ClF2N4O3/c1-13(27-18-6-4-3-5-15(18)21(32)33)16-11-14(24)12-17-19(16)28-22(29(2)20(17)31)30-9-7-23(25,26)8-10-30/h3-5,11-13,18,21,27,32-33H,6-10H2,1-2H3/t13-,18?/m1/s1. The minimum Gasteiger partial charge on any atom is -0.365 e. The number of aliphatic hydroxyl groups is 2. The lowest BCUT2D eigenvalue weighted by molar-refractivity contribution is -0.0224. The van der Waals surface area contributed by atoms with Gasteiger partial charge in [-0.15, -0.1) is 0 Å². The number of aliphatic hydroxyl groups excluding tert-OH is 1. The summed E-state index contributed by atoms with van der Waals surface area (Å²) >= 11 is 6.33. The van der Waals surface area contributed by atoms with Gasteiger partial charge in [0.05, 0.1) is 10.9 Å². The van der Waals surface area contributed by atoms with E-state index in [2.05, 4.69) is 5.32 Å². The molecule has 0 amide bonds. The zero-order chi connectivity index (χ0) is 23.9. The summed E-state index contributed by atoms with van der Waals surface area (Å²) in [5, 5.41) is 23.5. The Hall–Kier alpha value is -2.33. The number of nitrogens with one attached hydrogen (secondary N) is 1. The zero-order valence-corrected chi connectivity index (χ0v) is 19.2. The summed E-state index contributed by atoms with van der Waals surface area (Å²) in [7, 11) is 1.58. The van der Waals surface area contributed by atoms with E-state index in [9.17, 15) is 23.8 Å². The van der Waals surface area contributed by atoms with E-state index in [0.29, 0.717) is 39.4 Å². The Kier molecular flexibility index (Phi) is 6.59. The van der Waals surface area contributed by atoms with Gasteiger partial charge in [-0.3, -0.25) is 9.36 Å². The van der Waals surface area contributed by atoms with Crippen LogP contribution >= 0.6 is 11.6 Å². The second-order valence-electron chi connectivity index (χ2n) is 8.66. The molecule has 0 radical (unpaired) electrons. The summed E-state index contributed by atoms with van der Waals surface area (Å²) in [6, 6.07) is 2.61. The van der Waals surface area contributed by atoms with Crippen LogP contribution in [0, 0.1) is 0 Å². The van der Waals surface area contributed by atoms with E-state index in [1.807, 2.05) is 13.0 Å². The van der Waals surface area contributed by atoms with Crippen molar-refractivity contribution in [3.8, 4) is 0 Å². The van der Waals surface area contributed by atoms with Crippen LogP contribution in [-0.4, -0.2) is 51.1 Å². The fourth-order valence-corrected chi connectivity index (χ4v) is 4.70. The van der Waals surface area contributed by atoms with Gasteiger partial charge in [-0.05, 0) is 31.0 Å². The fourth-order valence-electron chi connectivity index (χ4n) is 4.47. The zero-order valence-electron chi connectivity index (χ0n) is 18.4. The number of allylic oxidation sites excluding steroid dienone is 2. The van der Waals surface area contributed by atoms with Crippen LogP contribution < -0.4 is 15.8 Å². The molecule has 1 aromatic heterocycles. The molecule has 1 aliphatic heterocycles. The molecule has 0 spiro atoms. The fraction of sp³-hybridized carbons (Fsp3) is 0.478. The Bertz CT molecular complexity index is 1170. The van der Waals surface area contributed by atoms with E-state index in [1.165, 1.54) is 4.57 Å². The molecule has 7 nitrogen and oxygen atoms in total. The monoisotopic (exact) mass is 480 g/mol. The van der Waals surface area contributed by atoms with Crippen molar-refractivity contribution in [1.82, 2.24) is 14.9 Å². The minimum atomic E-state index is -2.71. The third-order valence-electron chi connectivity index (χ3n) is 6.34. The first kappa shape index (κ1) is 23.8. The van der Waals surface area contributed by atoms with E-state index < -0.39 is 12.2 Å². The van der Waals surface area contributed by atoms with Crippen molar-refractivity contribution < 1.29 is 19.0 Å². The summed E-state index contributed by atoms with van der Waals surface area (Å²) in [4.78, 5) is 19.6. The number of fused-ring (bicyclic) bond motifs is 1. The minimum absolute atomic E-state index is 0.104. The molecular weight excluding hydrogens is 454 g/mol. The van der Waals surface area contributed by atoms with Gasteiger partial charge in [-0.25, -0.2) is 13.8 Å². The van der Waals surface area contributed by atoms with Crippen LogP contribution in [0.2, 0.25) is 5.02 Å². The topological polar surface area (TPSA) is 90.6 Å². The van der Waals surface area contributed by atoms with Crippen molar-refractivity contribution >= 4 is 28.5 Å². The predicted molar refractivity (Wildman–Crippen MR) is 124 cm³/mol. The van der Waals surface area contributed by atoms with Crippen molar-refractivity contribution in [3.63, 3.8) is 0 Å². The lowest BCUT2D eigenvalue weighted by Gasteiger charge is -2.33. The Balaban J connectivity index is 1.74. The number of benzene rings is 1. The van der Waals surface area contributed by atoms with Crippen LogP contribution in [0.5, 0.6) is 0 Å². The summed E-state index contributed by atoms with van der Waals surface area (Å²) in [6.07, 6.45) is 3.74. The third kappa shape index (κ3) is 4.82. The number of nitrogens with zero attached hydrogens (tertiary/aromatic N) is 3. The third-order valence-corrected chi connectivity index (χ3v) is 6.56. The van der Waals surface area contributed by atoms with Crippen LogP contribution in [-0.2, 0) is 7.05 Å². The Labute approximate surface area is 195 Å². The van der Waals surface area contributed by atoms with Crippen molar-refractivity contribution in [2.75, 3.05) is 18.0 Å². The summed E-state index contributed by atoms with van der Waals surface area (Å²) in [6.45, 7) is 2.09. The molecule has 2 atom stereocenters. The SMILES string of the molecule is C[C@@H](NC1CC=CC=C1C(O)O)c1cc(Cl)cc2c(=O)n(C)c(N3CCC(F)(F)CC3)nc12. The first-order valence-corrected chi connectivity index (χ1v) is 11.3. The lowest BCUT2D eigenvalue weighted by atomic mass is 9.96. The van der Waals surface area contributed by atoms with E-state index in [1.54, 1.807) is 36.2 Å². The second-order valence-corrected chi connectivity index (χ2v) is 9.09. The molecule has 4 rings (SSSR count). The number of piperidine rings is 1. The molecule has 0 saturated carbocycles. The van der Waals surface area contributed by atoms with E-state index in [-0.39, 0.29) is 43.6 Å². The van der Waals surface area contributed by atoms with Gasteiger partial charge >= 0.3 is 0 Å². The number of hydrogen-bond donors (Lipinski definition) is 3. The van der Waals surface area contributed by atoms with E-state index in [4.69, 9.17) is 16.6 Å². The van der Waals surface area contributed by atoms with E-state index in [0.717, 1.165) is 0 Å². The summed E-state index contributed by atoms with van der Waals surface area (Å²) < 4.78 is 28.7. The van der Waals surface area contributed by atoms with Crippen LogP contribution in [0.25, 0.3) is 10.9 Å². The maximum Gasteiger partial charge on any atom is 0.262 e. The molecule has 1 saturated heterocycles. The molecule has 10 heteroatoms. The molecule has 2 aromatic rings. The van der Waals surface area contributed by atoms with Crippen molar-refractivity contribution in [3.05, 3.63) is 56.9 Å². The second kappa shape index (κ2) is 9.13. The smallest absolute Gasteiger partial charge is 0.262 e. The molecule has 1 fully saturated rings. The average molecular weight is 481 g/mol. The number of anilines is 1. The highest BCUT2D eigenvalue weighted by Gasteiger charge is 2.35. The average Bonchev–Trinajstić information content (AvgIpc) is 2.76. The predicted octanol–water partition coefficient (Wildman–Crippen LogP) is 3.04. The van der Waals surface area contributed by atoms with Crippen LogP contribution in [0.15, 0.2) is 40.7 Å². The number of alkyl halides is 2. The maximum absolute atomic E-state index is 13.7. The molecule has 33 heavy (non-hydrogen) atoms. The molecule has 1 aromatic carbocycles. The Morgan fingerprint density at radius 3 is 2.64 bits per heavy atom. The van der Waals surface area contributed by atoms with Crippen LogP contribution in [0.4, 0.5) is 14.7 Å². The number of hydrogen-bond acceptors (Lipinski definition) is 6. The molecule has 1 unspecified atom stereocenters. The van der Waals surface area contributed by atoms with Gasteiger partial charge < -0.3 is 20.4 Å². The Morgan fingerprint density at radius 1 is 1.27 bits per heavy atom. The van der Waals surface area contributed by atoms with Gasteiger partial charge in [-0.1, -0.05) is 29.8 Å². The normalized spacial score (nSPS) is 21.5. The van der Waals surface area contributed by atoms with Gasteiger partial charge in [0, 0.05) is 55.7 Å². The molecule has 2 aliphatic rings. The summed E-state index contributed by atoms with van der Waals surface area (Å²) in [5.74, 6) is -2.37. The quantitative estimate of drug-likeness (QED) is 0.570. The van der Waals surface area contributed by atoms with Gasteiger partial charge in [0.2, 0.25) is 5.95 Å². The van der Waals surface area contributed by atoms with Crippen molar-refractivity contribution in [2.45, 2.75) is 50.5 Å². The molecule has 178 valence electrons. The van der Waals surface area contributed by atoms with Gasteiger partial charge in [0.25, 0.3) is 11.5 Å². The number of aromatic nitrogens is 2.